The number of aromatic nitrogens is 6. The fourth-order valence-electron chi connectivity index (χ4n) is 5.21. The molecule has 5 N–H and O–H groups in total. The summed E-state index contributed by atoms with van der Waals surface area (Å²) < 4.78 is 7.78. The van der Waals surface area contributed by atoms with E-state index in [4.69, 9.17) is 15.5 Å². The van der Waals surface area contributed by atoms with Crippen molar-refractivity contribution in [2.24, 2.45) is 0 Å². The van der Waals surface area contributed by atoms with Crippen LogP contribution in [0, 0.1) is 0 Å². The van der Waals surface area contributed by atoms with Crippen LogP contribution in [0.3, 0.4) is 0 Å². The fourth-order valence-corrected chi connectivity index (χ4v) is 5.21. The first-order chi connectivity index (χ1) is 18.5. The summed E-state index contributed by atoms with van der Waals surface area (Å²) >= 11 is 0. The third-order valence-corrected chi connectivity index (χ3v) is 7.65. The van der Waals surface area contributed by atoms with Gasteiger partial charge >= 0.3 is 0 Å². The van der Waals surface area contributed by atoms with Crippen molar-refractivity contribution in [1.29, 1.82) is 0 Å². The standard InChI is InChI=1S/C28H40N8O3/c1-16(2)35(11-7-6-8-21-33-18-10-9-17(28(3,4)5)12-19(18)34-21)13-20-23(37)24(38)27(39-20)36-15-32-22-25(29)30-14-31-26(22)36/h9-10,12,14-16,20,23-24,27,37-38H,6-8,11,13H2,1-5H3,(H,33,34)(H2,29,30,31)/t20-,23-,24-,27-/m1/s1. The molecule has 4 aromatic rings. The van der Waals surface area contributed by atoms with Crippen LogP contribution in [0.4, 0.5) is 5.82 Å². The van der Waals surface area contributed by atoms with E-state index in [-0.39, 0.29) is 17.3 Å². The highest BCUT2D eigenvalue weighted by Crippen LogP contribution is 2.32. The van der Waals surface area contributed by atoms with Crippen molar-refractivity contribution in [3.05, 3.63) is 42.2 Å². The van der Waals surface area contributed by atoms with E-state index in [0.717, 1.165) is 42.7 Å². The van der Waals surface area contributed by atoms with Crippen molar-refractivity contribution < 1.29 is 14.9 Å². The number of aliphatic hydroxyl groups is 2. The van der Waals surface area contributed by atoms with Gasteiger partial charge in [-0.3, -0.25) is 9.47 Å². The minimum Gasteiger partial charge on any atom is -0.387 e. The molecule has 1 saturated heterocycles. The van der Waals surface area contributed by atoms with Crippen molar-refractivity contribution >= 4 is 28.0 Å². The summed E-state index contributed by atoms with van der Waals surface area (Å²) in [6.07, 6.45) is 2.15. The number of imidazole rings is 2. The van der Waals surface area contributed by atoms with Gasteiger partial charge < -0.3 is 25.7 Å². The molecule has 1 aliphatic heterocycles. The predicted molar refractivity (Wildman–Crippen MR) is 150 cm³/mol. The Kier molecular flexibility index (Phi) is 7.60. The summed E-state index contributed by atoms with van der Waals surface area (Å²) in [4.78, 5) is 23.0. The second kappa shape index (κ2) is 10.8. The number of hydrogen-bond acceptors (Lipinski definition) is 9. The van der Waals surface area contributed by atoms with Crippen molar-refractivity contribution in [3.63, 3.8) is 0 Å². The summed E-state index contributed by atoms with van der Waals surface area (Å²) in [5, 5.41) is 21.7. The SMILES string of the molecule is CC(C)N(CCCCc1nc2cc(C(C)(C)C)ccc2[nH]1)C[C@H]1O[C@@H](n2cnc3c(N)ncnc32)[C@H](O)[C@@H]1O. The molecule has 1 fully saturated rings. The van der Waals surface area contributed by atoms with Gasteiger partial charge in [0, 0.05) is 19.0 Å². The predicted octanol–water partition coefficient (Wildman–Crippen LogP) is 2.93. The highest BCUT2D eigenvalue weighted by Gasteiger charge is 2.45. The van der Waals surface area contributed by atoms with Crippen LogP contribution < -0.4 is 5.73 Å². The van der Waals surface area contributed by atoms with Gasteiger partial charge in [0.1, 0.15) is 36.0 Å². The molecule has 0 unspecified atom stereocenters. The highest BCUT2D eigenvalue weighted by molar-refractivity contribution is 5.81. The average molecular weight is 537 g/mol. The smallest absolute Gasteiger partial charge is 0.167 e. The molecule has 210 valence electrons. The number of nitrogens with one attached hydrogen (secondary N) is 1. The molecule has 5 rings (SSSR count). The minimum absolute atomic E-state index is 0.0925. The zero-order valence-electron chi connectivity index (χ0n) is 23.4. The third kappa shape index (κ3) is 5.62. The van der Waals surface area contributed by atoms with Crippen molar-refractivity contribution in [3.8, 4) is 0 Å². The number of hydrogen-bond donors (Lipinski definition) is 4. The Labute approximate surface area is 228 Å². The van der Waals surface area contributed by atoms with E-state index in [9.17, 15) is 10.2 Å². The molecule has 0 bridgehead atoms. The number of benzene rings is 1. The van der Waals surface area contributed by atoms with E-state index in [1.807, 2.05) is 0 Å². The summed E-state index contributed by atoms with van der Waals surface area (Å²) in [6.45, 7) is 12.2. The Balaban J connectivity index is 1.18. The van der Waals surface area contributed by atoms with Crippen molar-refractivity contribution in [2.45, 2.75) is 89.9 Å². The number of aromatic amines is 1. The zero-order chi connectivity index (χ0) is 27.9. The Bertz CT molecular complexity index is 1430. The molecule has 0 spiro atoms. The van der Waals surface area contributed by atoms with Crippen LogP contribution in [0.1, 0.15) is 65.1 Å². The lowest BCUT2D eigenvalue weighted by Gasteiger charge is -2.30. The molecule has 0 radical (unpaired) electrons. The molecule has 4 atom stereocenters. The van der Waals surface area contributed by atoms with Gasteiger partial charge in [-0.2, -0.15) is 0 Å². The number of H-pyrrole nitrogens is 1. The van der Waals surface area contributed by atoms with E-state index in [1.54, 1.807) is 4.57 Å². The maximum atomic E-state index is 10.8. The summed E-state index contributed by atoms with van der Waals surface area (Å²) in [5.74, 6) is 1.26. The maximum Gasteiger partial charge on any atom is 0.167 e. The van der Waals surface area contributed by atoms with Gasteiger partial charge in [0.2, 0.25) is 0 Å². The van der Waals surface area contributed by atoms with Crippen LogP contribution in [0.15, 0.2) is 30.9 Å². The van der Waals surface area contributed by atoms with Gasteiger partial charge in [-0.05, 0) is 56.3 Å². The van der Waals surface area contributed by atoms with Crippen LogP contribution in [0.5, 0.6) is 0 Å². The number of aryl methyl sites for hydroxylation is 1. The number of fused-ring (bicyclic) bond motifs is 2. The van der Waals surface area contributed by atoms with Crippen LogP contribution in [0.2, 0.25) is 0 Å². The molecule has 1 aliphatic rings. The first kappa shape index (κ1) is 27.4. The molecular weight excluding hydrogens is 496 g/mol. The van der Waals surface area contributed by atoms with Gasteiger partial charge in [0.15, 0.2) is 17.7 Å². The van der Waals surface area contributed by atoms with Gasteiger partial charge in [0.05, 0.1) is 17.4 Å². The number of aliphatic hydroxyl groups excluding tert-OH is 2. The lowest BCUT2D eigenvalue weighted by molar-refractivity contribution is -0.0469. The van der Waals surface area contributed by atoms with Crippen LogP contribution in [-0.2, 0) is 16.6 Å². The Morgan fingerprint density at radius 3 is 2.67 bits per heavy atom. The van der Waals surface area contributed by atoms with E-state index in [0.29, 0.717) is 17.7 Å². The van der Waals surface area contributed by atoms with Crippen LogP contribution in [-0.4, -0.2) is 82.0 Å². The largest absolute Gasteiger partial charge is 0.387 e. The number of nitrogens with zero attached hydrogens (tertiary/aromatic N) is 6. The lowest BCUT2D eigenvalue weighted by atomic mass is 9.87. The van der Waals surface area contributed by atoms with Gasteiger partial charge in [0.25, 0.3) is 0 Å². The van der Waals surface area contributed by atoms with Crippen LogP contribution in [0.25, 0.3) is 22.2 Å². The van der Waals surface area contributed by atoms with Crippen molar-refractivity contribution in [1.82, 2.24) is 34.4 Å². The van der Waals surface area contributed by atoms with Crippen LogP contribution >= 0.6 is 0 Å². The third-order valence-electron chi connectivity index (χ3n) is 7.65. The zero-order valence-corrected chi connectivity index (χ0v) is 23.4. The van der Waals surface area contributed by atoms with E-state index in [2.05, 4.69) is 77.7 Å². The van der Waals surface area contributed by atoms with Gasteiger partial charge in [-0.15, -0.1) is 0 Å². The molecule has 11 nitrogen and oxygen atoms in total. The molecular formula is C28H40N8O3. The Hall–Kier alpha value is -3.12. The lowest BCUT2D eigenvalue weighted by Crippen LogP contribution is -2.43. The Morgan fingerprint density at radius 1 is 1.13 bits per heavy atom. The normalized spacial score (nSPS) is 22.2. The van der Waals surface area contributed by atoms with E-state index >= 15 is 0 Å². The Morgan fingerprint density at radius 2 is 1.92 bits per heavy atom. The number of nitrogen functional groups attached to an aromatic ring is 1. The molecule has 0 saturated carbocycles. The van der Waals surface area contributed by atoms with E-state index < -0.39 is 24.5 Å². The molecule has 3 aromatic heterocycles. The van der Waals surface area contributed by atoms with E-state index in [1.165, 1.54) is 18.2 Å². The number of unbranched alkanes of at least 4 members (excludes halogenated alkanes) is 1. The second-order valence-corrected chi connectivity index (χ2v) is 11.8. The van der Waals surface area contributed by atoms with Gasteiger partial charge in [-0.1, -0.05) is 26.8 Å². The molecule has 1 aromatic carbocycles. The highest BCUT2D eigenvalue weighted by atomic mass is 16.6. The molecule has 0 amide bonds. The second-order valence-electron chi connectivity index (χ2n) is 11.8. The molecule has 11 heteroatoms. The summed E-state index contributed by atoms with van der Waals surface area (Å²) in [5.41, 5.74) is 10.3. The first-order valence-corrected chi connectivity index (χ1v) is 13.7. The number of nitrogens with two attached hydrogens (primary N) is 1. The number of anilines is 1. The fraction of sp³-hybridized carbons (Fsp3) is 0.571. The monoisotopic (exact) mass is 536 g/mol. The molecule has 4 heterocycles. The number of rotatable bonds is 9. The average Bonchev–Trinajstić information content (AvgIpc) is 3.57. The molecule has 39 heavy (non-hydrogen) atoms. The topological polar surface area (TPSA) is 151 Å². The summed E-state index contributed by atoms with van der Waals surface area (Å²) in [7, 11) is 0. The first-order valence-electron chi connectivity index (χ1n) is 13.7. The van der Waals surface area contributed by atoms with Crippen molar-refractivity contribution in [2.75, 3.05) is 18.8 Å². The van der Waals surface area contributed by atoms with Gasteiger partial charge in [-0.25, -0.2) is 19.9 Å². The summed E-state index contributed by atoms with van der Waals surface area (Å²) in [6, 6.07) is 6.72. The molecule has 0 aliphatic carbocycles. The quantitative estimate of drug-likeness (QED) is 0.237. The number of ether oxygens (including phenoxy) is 1. The minimum atomic E-state index is -1.12. The maximum absolute atomic E-state index is 10.8.